The van der Waals surface area contributed by atoms with Crippen LogP contribution in [0.3, 0.4) is 0 Å². The highest BCUT2D eigenvalue weighted by atomic mass is 32.1. The summed E-state index contributed by atoms with van der Waals surface area (Å²) in [5, 5.41) is 2.80. The highest BCUT2D eigenvalue weighted by molar-refractivity contribution is 7.06. The normalized spacial score (nSPS) is 18.5. The molecule has 3 aromatic rings. The first-order valence-corrected chi connectivity index (χ1v) is 12.1. The van der Waals surface area contributed by atoms with Crippen LogP contribution in [-0.4, -0.2) is 40.3 Å². The van der Waals surface area contributed by atoms with Gasteiger partial charge in [0.1, 0.15) is 23.4 Å². The van der Waals surface area contributed by atoms with E-state index in [4.69, 9.17) is 9.47 Å². The van der Waals surface area contributed by atoms with Crippen LogP contribution in [0.15, 0.2) is 42.6 Å². The van der Waals surface area contributed by atoms with E-state index < -0.39 is 11.7 Å². The van der Waals surface area contributed by atoms with Gasteiger partial charge in [-0.05, 0) is 68.1 Å². The van der Waals surface area contributed by atoms with Gasteiger partial charge in [0.15, 0.2) is 5.78 Å². The van der Waals surface area contributed by atoms with Gasteiger partial charge in [-0.15, -0.1) is 0 Å². The average Bonchev–Trinajstić information content (AvgIpc) is 3.33. The fourth-order valence-electron chi connectivity index (χ4n) is 3.80. The number of hydrogen-bond acceptors (Lipinski definition) is 7. The second-order valence-electron chi connectivity index (χ2n) is 8.62. The number of nitrogens with one attached hydrogen (secondary N) is 1. The fourth-order valence-corrected chi connectivity index (χ4v) is 4.52. The van der Waals surface area contributed by atoms with Gasteiger partial charge in [0.25, 0.3) is 5.91 Å². The SMILES string of the molecule is C[C@@H](Oc1ccc(C(=O)C2CC2)nc1)c1cc(-c2ccc(C(=O)N[C@H]3CCOC3)c(F)c2)ns1. The summed E-state index contributed by atoms with van der Waals surface area (Å²) in [6.45, 7) is 2.94. The molecule has 34 heavy (non-hydrogen) atoms. The lowest BCUT2D eigenvalue weighted by atomic mass is 10.1. The molecule has 2 atom stereocenters. The molecule has 1 saturated carbocycles. The summed E-state index contributed by atoms with van der Waals surface area (Å²) in [5.41, 5.74) is 1.66. The largest absolute Gasteiger partial charge is 0.484 e. The minimum Gasteiger partial charge on any atom is -0.484 e. The lowest BCUT2D eigenvalue weighted by Crippen LogP contribution is -2.35. The molecule has 0 bridgehead atoms. The Labute approximate surface area is 200 Å². The highest BCUT2D eigenvalue weighted by Crippen LogP contribution is 2.33. The second-order valence-corrected chi connectivity index (χ2v) is 9.46. The van der Waals surface area contributed by atoms with E-state index in [1.807, 2.05) is 13.0 Å². The number of benzene rings is 1. The van der Waals surface area contributed by atoms with Gasteiger partial charge in [-0.3, -0.25) is 9.59 Å². The van der Waals surface area contributed by atoms with Gasteiger partial charge >= 0.3 is 0 Å². The van der Waals surface area contributed by atoms with Gasteiger partial charge in [0.05, 0.1) is 35.0 Å². The number of pyridine rings is 1. The topological polar surface area (TPSA) is 90.4 Å². The minimum absolute atomic E-state index is 0.00100. The molecule has 7 nitrogen and oxygen atoms in total. The molecule has 9 heteroatoms. The van der Waals surface area contributed by atoms with E-state index >= 15 is 0 Å². The number of carbonyl (C=O) groups excluding carboxylic acids is 2. The van der Waals surface area contributed by atoms with Crippen LogP contribution >= 0.6 is 11.5 Å². The minimum atomic E-state index is -0.598. The number of Topliss-reactive ketones (excluding diaryl/α,β-unsaturated/α-hetero) is 1. The molecule has 1 aliphatic heterocycles. The predicted octanol–water partition coefficient (Wildman–Crippen LogP) is 4.60. The Balaban J connectivity index is 1.23. The van der Waals surface area contributed by atoms with Crippen LogP contribution in [0.2, 0.25) is 0 Å². The quantitative estimate of drug-likeness (QED) is 0.473. The number of amides is 1. The molecule has 2 fully saturated rings. The molecule has 0 unspecified atom stereocenters. The van der Waals surface area contributed by atoms with Crippen molar-refractivity contribution >= 4 is 23.2 Å². The number of halogens is 1. The molecule has 1 saturated heterocycles. The Morgan fingerprint density at radius 2 is 2.06 bits per heavy atom. The number of nitrogens with zero attached hydrogens (tertiary/aromatic N) is 2. The van der Waals surface area contributed by atoms with Crippen molar-refractivity contribution in [1.29, 1.82) is 0 Å². The molecule has 0 radical (unpaired) electrons. The van der Waals surface area contributed by atoms with E-state index in [1.165, 1.54) is 23.7 Å². The lowest BCUT2D eigenvalue weighted by Gasteiger charge is -2.12. The standard InChI is InChI=1S/C25H24FN3O4S/c1-14(33-18-5-7-21(27-12-18)24(30)15-2-3-15)23-11-22(29-34-23)16-4-6-19(20(26)10-16)25(31)28-17-8-9-32-13-17/h4-7,10-12,14-15,17H,2-3,8-9,13H2,1H3,(H,28,31)/t14-,17+/m1/s1. The first-order valence-electron chi connectivity index (χ1n) is 11.3. The second kappa shape index (κ2) is 9.60. The zero-order valence-corrected chi connectivity index (χ0v) is 19.4. The first-order chi connectivity index (χ1) is 16.5. The van der Waals surface area contributed by atoms with Crippen molar-refractivity contribution in [2.24, 2.45) is 5.92 Å². The van der Waals surface area contributed by atoms with E-state index in [-0.39, 0.29) is 29.4 Å². The first kappa shape index (κ1) is 22.6. The third kappa shape index (κ3) is 5.00. The molecule has 2 aromatic heterocycles. The Morgan fingerprint density at radius 1 is 1.21 bits per heavy atom. The Hall–Kier alpha value is -3.17. The van der Waals surface area contributed by atoms with Gasteiger partial charge in [0, 0.05) is 18.1 Å². The number of ketones is 1. The van der Waals surface area contributed by atoms with Crippen LogP contribution < -0.4 is 10.1 Å². The van der Waals surface area contributed by atoms with Crippen molar-refractivity contribution in [3.05, 3.63) is 64.5 Å². The molecule has 1 N–H and O–H groups in total. The van der Waals surface area contributed by atoms with Crippen molar-refractivity contribution in [2.45, 2.75) is 38.3 Å². The lowest BCUT2D eigenvalue weighted by molar-refractivity contribution is 0.0924. The van der Waals surface area contributed by atoms with E-state index in [0.717, 1.165) is 24.1 Å². The number of rotatable bonds is 8. The molecule has 1 aliphatic carbocycles. The Bertz CT molecular complexity index is 1200. The van der Waals surface area contributed by atoms with Crippen molar-refractivity contribution in [1.82, 2.24) is 14.7 Å². The molecule has 1 amide bonds. The third-order valence-corrected chi connectivity index (χ3v) is 6.90. The molecule has 5 rings (SSSR count). The summed E-state index contributed by atoms with van der Waals surface area (Å²) in [7, 11) is 0. The van der Waals surface area contributed by atoms with Crippen LogP contribution in [0.5, 0.6) is 5.75 Å². The molecule has 176 valence electrons. The predicted molar refractivity (Wildman–Crippen MR) is 125 cm³/mol. The summed E-state index contributed by atoms with van der Waals surface area (Å²) in [5.74, 6) is -0.262. The number of carbonyl (C=O) groups is 2. The van der Waals surface area contributed by atoms with Crippen molar-refractivity contribution in [3.8, 4) is 17.0 Å². The number of hydrogen-bond donors (Lipinski definition) is 1. The monoisotopic (exact) mass is 481 g/mol. The summed E-state index contributed by atoms with van der Waals surface area (Å²) in [4.78, 5) is 29.6. The zero-order chi connectivity index (χ0) is 23.7. The Morgan fingerprint density at radius 3 is 2.74 bits per heavy atom. The van der Waals surface area contributed by atoms with Crippen LogP contribution in [0, 0.1) is 11.7 Å². The third-order valence-electron chi connectivity index (χ3n) is 5.95. The summed E-state index contributed by atoms with van der Waals surface area (Å²) in [6.07, 6.45) is 3.87. The molecule has 3 heterocycles. The average molecular weight is 482 g/mol. The highest BCUT2D eigenvalue weighted by Gasteiger charge is 2.31. The van der Waals surface area contributed by atoms with Gasteiger partial charge in [0.2, 0.25) is 0 Å². The Kier molecular flexibility index (Phi) is 6.38. The zero-order valence-electron chi connectivity index (χ0n) is 18.6. The van der Waals surface area contributed by atoms with Crippen LogP contribution in [0.4, 0.5) is 4.39 Å². The van der Waals surface area contributed by atoms with Crippen LogP contribution in [-0.2, 0) is 4.74 Å². The van der Waals surface area contributed by atoms with Gasteiger partial charge < -0.3 is 14.8 Å². The molecule has 0 spiro atoms. The fraction of sp³-hybridized carbons (Fsp3) is 0.360. The van der Waals surface area contributed by atoms with E-state index in [2.05, 4.69) is 14.7 Å². The molecule has 1 aromatic carbocycles. The van der Waals surface area contributed by atoms with Crippen molar-refractivity contribution in [3.63, 3.8) is 0 Å². The molecular formula is C25H24FN3O4S. The maximum absolute atomic E-state index is 14.7. The molecular weight excluding hydrogens is 457 g/mol. The van der Waals surface area contributed by atoms with Gasteiger partial charge in [-0.1, -0.05) is 6.07 Å². The number of aromatic nitrogens is 2. The van der Waals surface area contributed by atoms with Crippen molar-refractivity contribution in [2.75, 3.05) is 13.2 Å². The van der Waals surface area contributed by atoms with E-state index in [0.29, 0.717) is 35.9 Å². The summed E-state index contributed by atoms with van der Waals surface area (Å²) < 4.78 is 30.3. The van der Waals surface area contributed by atoms with Crippen molar-refractivity contribution < 1.29 is 23.5 Å². The van der Waals surface area contributed by atoms with Gasteiger partial charge in [-0.2, -0.15) is 4.37 Å². The van der Waals surface area contributed by atoms with Crippen LogP contribution in [0.25, 0.3) is 11.3 Å². The maximum Gasteiger partial charge on any atom is 0.254 e. The van der Waals surface area contributed by atoms with Gasteiger partial charge in [-0.25, -0.2) is 9.37 Å². The summed E-state index contributed by atoms with van der Waals surface area (Å²) in [6, 6.07) is 9.69. The van der Waals surface area contributed by atoms with Crippen LogP contribution in [0.1, 0.15) is 58.0 Å². The molecule has 2 aliphatic rings. The number of ether oxygens (including phenoxy) is 2. The smallest absolute Gasteiger partial charge is 0.254 e. The maximum atomic E-state index is 14.7. The van der Waals surface area contributed by atoms with E-state index in [1.54, 1.807) is 24.4 Å². The van der Waals surface area contributed by atoms with E-state index in [9.17, 15) is 14.0 Å². The summed E-state index contributed by atoms with van der Waals surface area (Å²) >= 11 is 1.26.